The minimum Gasteiger partial charge on any atom is -0.462 e. The van der Waals surface area contributed by atoms with Crippen LogP contribution in [0.5, 0.6) is 0 Å². The van der Waals surface area contributed by atoms with Crippen molar-refractivity contribution in [1.29, 1.82) is 0 Å². The second kappa shape index (κ2) is 5.10. The number of nitrogens with two attached hydrogens (primary N) is 1. The van der Waals surface area contributed by atoms with E-state index in [-0.39, 0.29) is 23.5 Å². The number of nitrogens with zero attached hydrogens (tertiary/aromatic N) is 1. The molecule has 0 saturated heterocycles. The third-order valence-corrected chi connectivity index (χ3v) is 2.71. The maximum atomic E-state index is 11.4. The zero-order chi connectivity index (χ0) is 12.3. The van der Waals surface area contributed by atoms with Crippen molar-refractivity contribution in [2.45, 2.75) is 6.92 Å². The highest BCUT2D eigenvalue weighted by molar-refractivity contribution is 14.1. The molecule has 0 saturated carbocycles. The van der Waals surface area contributed by atoms with E-state index in [0.717, 1.165) is 6.07 Å². The lowest BCUT2D eigenvalue weighted by Gasteiger charge is -2.05. The normalized spacial score (nSPS) is 9.88. The number of carbonyl (C=O) groups excluding carboxylic acids is 1. The van der Waals surface area contributed by atoms with Crippen LogP contribution in [0.15, 0.2) is 12.1 Å². The maximum Gasteiger partial charge on any atom is 0.338 e. The Morgan fingerprint density at radius 2 is 2.25 bits per heavy atom. The van der Waals surface area contributed by atoms with E-state index in [9.17, 15) is 14.9 Å². The zero-order valence-corrected chi connectivity index (χ0v) is 10.6. The summed E-state index contributed by atoms with van der Waals surface area (Å²) in [6, 6.07) is 2.58. The van der Waals surface area contributed by atoms with Gasteiger partial charge in [0.2, 0.25) is 0 Å². The van der Waals surface area contributed by atoms with Crippen LogP contribution in [-0.4, -0.2) is 17.5 Å². The van der Waals surface area contributed by atoms with Gasteiger partial charge in [-0.1, -0.05) is 0 Å². The molecule has 7 heteroatoms. The fourth-order valence-corrected chi connectivity index (χ4v) is 1.70. The average Bonchev–Trinajstić information content (AvgIpc) is 2.21. The molecular weight excluding hydrogens is 327 g/mol. The number of benzene rings is 1. The molecule has 0 atom stereocenters. The Morgan fingerprint density at radius 3 is 2.75 bits per heavy atom. The molecular formula is C9H9IN2O4. The SMILES string of the molecule is CCOC(=O)c1cc(I)c(N)c([N+](=O)[O-])c1. The van der Waals surface area contributed by atoms with E-state index in [1.54, 1.807) is 6.92 Å². The van der Waals surface area contributed by atoms with E-state index in [4.69, 9.17) is 10.5 Å². The molecule has 0 aromatic heterocycles. The lowest BCUT2D eigenvalue weighted by atomic mass is 10.2. The number of halogens is 1. The van der Waals surface area contributed by atoms with Gasteiger partial charge < -0.3 is 10.5 Å². The molecule has 86 valence electrons. The van der Waals surface area contributed by atoms with Crippen LogP contribution in [-0.2, 0) is 4.74 Å². The summed E-state index contributed by atoms with van der Waals surface area (Å²) < 4.78 is 5.21. The number of hydrogen-bond acceptors (Lipinski definition) is 5. The van der Waals surface area contributed by atoms with Gasteiger partial charge in [0, 0.05) is 9.64 Å². The number of nitro groups is 1. The summed E-state index contributed by atoms with van der Waals surface area (Å²) in [7, 11) is 0. The second-order valence-electron chi connectivity index (χ2n) is 2.87. The highest BCUT2D eigenvalue weighted by Crippen LogP contribution is 2.28. The third-order valence-electron chi connectivity index (χ3n) is 1.82. The van der Waals surface area contributed by atoms with Crippen LogP contribution in [0.4, 0.5) is 11.4 Å². The minimum atomic E-state index is -0.625. The fraction of sp³-hybridized carbons (Fsp3) is 0.222. The lowest BCUT2D eigenvalue weighted by molar-refractivity contribution is -0.384. The van der Waals surface area contributed by atoms with Crippen LogP contribution < -0.4 is 5.73 Å². The van der Waals surface area contributed by atoms with Crippen molar-refractivity contribution < 1.29 is 14.5 Å². The van der Waals surface area contributed by atoms with Crippen molar-refractivity contribution in [3.8, 4) is 0 Å². The Labute approximate surface area is 105 Å². The molecule has 1 aromatic carbocycles. The number of esters is 1. The number of carbonyl (C=O) groups is 1. The first-order valence-corrected chi connectivity index (χ1v) is 5.45. The molecule has 1 aromatic rings. The standard InChI is InChI=1S/C9H9IN2O4/c1-2-16-9(13)5-3-6(10)8(11)7(4-5)12(14)15/h3-4H,2,11H2,1H3. The van der Waals surface area contributed by atoms with Crippen molar-refractivity contribution in [2.75, 3.05) is 12.3 Å². The van der Waals surface area contributed by atoms with Gasteiger partial charge in [0.15, 0.2) is 0 Å². The van der Waals surface area contributed by atoms with Gasteiger partial charge in [-0.2, -0.15) is 0 Å². The van der Waals surface area contributed by atoms with Gasteiger partial charge >= 0.3 is 5.97 Å². The van der Waals surface area contributed by atoms with Gasteiger partial charge in [0.1, 0.15) is 5.69 Å². The summed E-state index contributed by atoms with van der Waals surface area (Å²) in [6.07, 6.45) is 0. The Hall–Kier alpha value is -1.38. The predicted molar refractivity (Wildman–Crippen MR) is 66.2 cm³/mol. The van der Waals surface area contributed by atoms with Crippen LogP contribution in [0.2, 0.25) is 0 Å². The minimum absolute atomic E-state index is 0.0543. The highest BCUT2D eigenvalue weighted by atomic mass is 127. The van der Waals surface area contributed by atoms with Gasteiger partial charge in [-0.3, -0.25) is 10.1 Å². The predicted octanol–water partition coefficient (Wildman–Crippen LogP) is 1.96. The van der Waals surface area contributed by atoms with E-state index in [0.29, 0.717) is 3.57 Å². The molecule has 0 bridgehead atoms. The van der Waals surface area contributed by atoms with Gasteiger partial charge in [0.05, 0.1) is 17.1 Å². The first kappa shape index (κ1) is 12.7. The lowest BCUT2D eigenvalue weighted by Crippen LogP contribution is -2.07. The van der Waals surface area contributed by atoms with Crippen LogP contribution in [0, 0.1) is 13.7 Å². The molecule has 0 radical (unpaired) electrons. The molecule has 0 fully saturated rings. The monoisotopic (exact) mass is 336 g/mol. The van der Waals surface area contributed by atoms with Crippen molar-refractivity contribution in [3.05, 3.63) is 31.4 Å². The average molecular weight is 336 g/mol. The van der Waals surface area contributed by atoms with Crippen molar-refractivity contribution in [1.82, 2.24) is 0 Å². The van der Waals surface area contributed by atoms with Crippen molar-refractivity contribution >= 4 is 39.9 Å². The number of nitrogen functional groups attached to an aromatic ring is 1. The Morgan fingerprint density at radius 1 is 1.62 bits per heavy atom. The first-order valence-electron chi connectivity index (χ1n) is 4.38. The quantitative estimate of drug-likeness (QED) is 0.299. The zero-order valence-electron chi connectivity index (χ0n) is 8.40. The highest BCUT2D eigenvalue weighted by Gasteiger charge is 2.19. The Kier molecular flexibility index (Phi) is 4.05. The van der Waals surface area contributed by atoms with Crippen LogP contribution in [0.1, 0.15) is 17.3 Å². The van der Waals surface area contributed by atoms with Gasteiger partial charge in [-0.25, -0.2) is 4.79 Å². The molecule has 0 amide bonds. The fourth-order valence-electron chi connectivity index (χ4n) is 1.09. The molecule has 0 unspecified atom stereocenters. The largest absolute Gasteiger partial charge is 0.462 e. The van der Waals surface area contributed by atoms with E-state index in [1.165, 1.54) is 6.07 Å². The third kappa shape index (κ3) is 2.60. The maximum absolute atomic E-state index is 11.4. The van der Waals surface area contributed by atoms with Crippen molar-refractivity contribution in [3.63, 3.8) is 0 Å². The molecule has 2 N–H and O–H groups in total. The molecule has 0 spiro atoms. The second-order valence-corrected chi connectivity index (χ2v) is 4.03. The first-order chi connectivity index (χ1) is 7.47. The summed E-state index contributed by atoms with van der Waals surface area (Å²) in [6.45, 7) is 1.88. The summed E-state index contributed by atoms with van der Waals surface area (Å²) in [4.78, 5) is 21.4. The van der Waals surface area contributed by atoms with Crippen LogP contribution in [0.3, 0.4) is 0 Å². The van der Waals surface area contributed by atoms with Crippen LogP contribution in [0.25, 0.3) is 0 Å². The number of hydrogen-bond donors (Lipinski definition) is 1. The molecule has 6 nitrogen and oxygen atoms in total. The van der Waals surface area contributed by atoms with Crippen molar-refractivity contribution in [2.24, 2.45) is 0 Å². The number of anilines is 1. The van der Waals surface area contributed by atoms with E-state index in [2.05, 4.69) is 0 Å². The molecule has 0 heterocycles. The topological polar surface area (TPSA) is 95.5 Å². The number of nitro benzene ring substituents is 1. The summed E-state index contributed by atoms with van der Waals surface area (Å²) in [5.41, 5.74) is 5.43. The van der Waals surface area contributed by atoms with Gasteiger partial charge in [-0.15, -0.1) is 0 Å². The Balaban J connectivity index is 3.24. The smallest absolute Gasteiger partial charge is 0.338 e. The molecule has 0 aliphatic carbocycles. The van der Waals surface area contributed by atoms with E-state index in [1.807, 2.05) is 22.6 Å². The van der Waals surface area contributed by atoms with Gasteiger partial charge in [0.25, 0.3) is 5.69 Å². The van der Waals surface area contributed by atoms with E-state index >= 15 is 0 Å². The summed E-state index contributed by atoms with van der Waals surface area (Å²) in [5.74, 6) is -0.594. The molecule has 0 aliphatic heterocycles. The molecule has 1 rings (SSSR count). The number of ether oxygens (including phenoxy) is 1. The van der Waals surface area contributed by atoms with E-state index < -0.39 is 10.9 Å². The Bertz CT molecular complexity index is 447. The van der Waals surface area contributed by atoms with Gasteiger partial charge in [-0.05, 0) is 35.6 Å². The summed E-state index contributed by atoms with van der Waals surface area (Å²) >= 11 is 1.83. The van der Waals surface area contributed by atoms with Crippen LogP contribution >= 0.6 is 22.6 Å². The summed E-state index contributed by atoms with van der Waals surface area (Å²) in [5, 5.41) is 10.7. The molecule has 0 aliphatic rings. The molecule has 16 heavy (non-hydrogen) atoms. The number of rotatable bonds is 3.